The second-order valence-electron chi connectivity index (χ2n) is 11.5. The van der Waals surface area contributed by atoms with Gasteiger partial charge in [-0.25, -0.2) is 0 Å². The summed E-state index contributed by atoms with van der Waals surface area (Å²) in [4.78, 5) is 55.8. The molecule has 41 heavy (non-hydrogen) atoms. The number of rotatable bonds is 14. The molecule has 0 bridgehead atoms. The summed E-state index contributed by atoms with van der Waals surface area (Å²) in [5.74, 6) is -0.726. The molecule has 0 aromatic carbocycles. The lowest BCUT2D eigenvalue weighted by molar-refractivity contribution is -0.142. The number of aromatic nitrogens is 4. The van der Waals surface area contributed by atoms with E-state index in [4.69, 9.17) is 11.1 Å². The van der Waals surface area contributed by atoms with Gasteiger partial charge in [-0.3, -0.25) is 19.8 Å². The third-order valence-corrected chi connectivity index (χ3v) is 8.07. The molecule has 0 aliphatic carbocycles. The van der Waals surface area contributed by atoms with Crippen molar-refractivity contribution in [3.8, 4) is 0 Å². The number of nitrogens with zero attached hydrogens (tertiary/aromatic N) is 5. The Morgan fingerprint density at radius 3 is 2.54 bits per heavy atom. The van der Waals surface area contributed by atoms with E-state index in [1.165, 1.54) is 4.90 Å². The van der Waals surface area contributed by atoms with Crippen LogP contribution in [0.15, 0.2) is 0 Å². The smallest absolute Gasteiger partial charge is 0.246 e. The molecule has 5 atom stereocenters. The van der Waals surface area contributed by atoms with E-state index in [1.807, 2.05) is 20.8 Å². The summed E-state index contributed by atoms with van der Waals surface area (Å²) in [5, 5.41) is 27.4. The number of likely N-dealkylation sites (tertiary alicyclic amines) is 2. The Hall–Kier alpha value is -3.58. The molecule has 14 heteroatoms. The maximum atomic E-state index is 13.9. The number of piperidine rings is 1. The second kappa shape index (κ2) is 15.4. The Bertz CT molecular complexity index is 1030. The first kappa shape index (κ1) is 31.9. The molecule has 2 aliphatic heterocycles. The fraction of sp³-hybridized carbons (Fsp3) is 0.778. The number of nitrogens with one attached hydrogen (secondary N) is 4. The van der Waals surface area contributed by atoms with Gasteiger partial charge in [0.15, 0.2) is 11.8 Å². The highest BCUT2D eigenvalue weighted by Crippen LogP contribution is 2.26. The van der Waals surface area contributed by atoms with Crippen LogP contribution in [0.2, 0.25) is 0 Å². The Kier molecular flexibility index (Phi) is 12.0. The fourth-order valence-electron chi connectivity index (χ4n) is 6.05. The molecular formula is C27H46N10O4. The summed E-state index contributed by atoms with van der Waals surface area (Å²) in [6.07, 6.45) is 6.51. The molecule has 2 fully saturated rings. The van der Waals surface area contributed by atoms with E-state index in [0.29, 0.717) is 45.3 Å². The number of carbonyl (C=O) groups excluding carboxylic acids is 4. The Balaban J connectivity index is 1.72. The molecule has 1 aromatic heterocycles. The van der Waals surface area contributed by atoms with Gasteiger partial charge in [0.25, 0.3) is 0 Å². The monoisotopic (exact) mass is 574 g/mol. The Morgan fingerprint density at radius 2 is 1.93 bits per heavy atom. The summed E-state index contributed by atoms with van der Waals surface area (Å²) in [5.41, 5.74) is 5.65. The lowest BCUT2D eigenvalue weighted by atomic mass is 9.91. The molecule has 14 nitrogen and oxygen atoms in total. The van der Waals surface area contributed by atoms with Gasteiger partial charge in [0.1, 0.15) is 18.4 Å². The van der Waals surface area contributed by atoms with Gasteiger partial charge >= 0.3 is 0 Å². The van der Waals surface area contributed by atoms with Crippen LogP contribution >= 0.6 is 0 Å². The Morgan fingerprint density at radius 1 is 1.20 bits per heavy atom. The van der Waals surface area contributed by atoms with Crippen molar-refractivity contribution in [2.24, 2.45) is 23.5 Å². The van der Waals surface area contributed by atoms with Crippen LogP contribution < -0.4 is 16.4 Å². The quantitative estimate of drug-likeness (QED) is 0.118. The number of carbonyl (C=O) groups is 4. The largest absolute Gasteiger partial charge is 0.370 e. The number of tetrazole rings is 1. The van der Waals surface area contributed by atoms with Gasteiger partial charge in [-0.05, 0) is 50.4 Å². The van der Waals surface area contributed by atoms with Crippen LogP contribution in [-0.4, -0.2) is 98.2 Å². The molecule has 0 spiro atoms. The molecule has 6 N–H and O–H groups in total. The maximum absolute atomic E-state index is 13.9. The first-order chi connectivity index (χ1) is 19.7. The SMILES string of the molecule is CCCC(CCC)C(=O)NC(Cc1nn[nH]n1)C(=O)N1C[C@@H](C)CC1C(=O)NC(C=O)CC1CCCN(C(=N)N)C1. The molecule has 4 unspecified atom stereocenters. The van der Waals surface area contributed by atoms with Gasteiger partial charge in [-0.15, -0.1) is 10.2 Å². The van der Waals surface area contributed by atoms with Crippen LogP contribution in [0.25, 0.3) is 0 Å². The van der Waals surface area contributed by atoms with Crippen LogP contribution in [0, 0.1) is 23.2 Å². The zero-order valence-corrected chi connectivity index (χ0v) is 24.5. The zero-order chi connectivity index (χ0) is 29.9. The topological polar surface area (TPSA) is 203 Å². The van der Waals surface area contributed by atoms with Crippen LogP contribution in [-0.2, 0) is 25.6 Å². The minimum Gasteiger partial charge on any atom is -0.370 e. The van der Waals surface area contributed by atoms with Crippen molar-refractivity contribution in [3.05, 3.63) is 5.82 Å². The van der Waals surface area contributed by atoms with Crippen molar-refractivity contribution in [2.45, 2.75) is 96.7 Å². The minimum atomic E-state index is -0.960. The third kappa shape index (κ3) is 8.95. The van der Waals surface area contributed by atoms with Crippen LogP contribution in [0.1, 0.15) is 78.0 Å². The molecule has 3 rings (SSSR count). The molecule has 2 saturated heterocycles. The number of nitrogens with two attached hydrogens (primary N) is 1. The van der Waals surface area contributed by atoms with E-state index in [-0.39, 0.29) is 47.8 Å². The molecule has 3 amide bonds. The number of aromatic amines is 1. The number of H-pyrrole nitrogens is 1. The highest BCUT2D eigenvalue weighted by atomic mass is 16.2. The molecule has 0 saturated carbocycles. The van der Waals surface area contributed by atoms with Crippen LogP contribution in [0.3, 0.4) is 0 Å². The first-order valence-corrected chi connectivity index (χ1v) is 14.8. The Labute approximate surface area is 241 Å². The maximum Gasteiger partial charge on any atom is 0.246 e. The number of hydrogen-bond donors (Lipinski definition) is 5. The van der Waals surface area contributed by atoms with Gasteiger partial charge < -0.3 is 31.0 Å². The number of hydrogen-bond acceptors (Lipinski definition) is 8. The molecule has 1 aromatic rings. The summed E-state index contributed by atoms with van der Waals surface area (Å²) < 4.78 is 0. The predicted molar refractivity (Wildman–Crippen MR) is 151 cm³/mol. The van der Waals surface area contributed by atoms with Crippen LogP contribution in [0.4, 0.5) is 0 Å². The van der Waals surface area contributed by atoms with E-state index in [0.717, 1.165) is 32.0 Å². The van der Waals surface area contributed by atoms with Gasteiger partial charge in [0, 0.05) is 32.0 Å². The molecule has 2 aliphatic rings. The zero-order valence-electron chi connectivity index (χ0n) is 24.5. The van der Waals surface area contributed by atoms with Gasteiger partial charge in [-0.2, -0.15) is 5.21 Å². The highest BCUT2D eigenvalue weighted by molar-refractivity contribution is 5.93. The standard InChI is InChI=1S/C27H46N10O4/c1-4-7-19(8-5-2)24(39)31-21(13-23-32-34-35-33-23)26(41)37-14-17(3)11-22(37)25(40)30-20(16-38)12-18-9-6-10-36(15-18)27(28)29/h16-22H,4-15H2,1-3H3,(H3,28,29)(H,30,40)(H,31,39)(H,32,33,34,35)/t17-,18?,20?,21?,22?/m0/s1. The molecule has 0 radical (unpaired) electrons. The molecular weight excluding hydrogens is 528 g/mol. The first-order valence-electron chi connectivity index (χ1n) is 14.8. The van der Waals surface area contributed by atoms with Crippen molar-refractivity contribution in [3.63, 3.8) is 0 Å². The van der Waals surface area contributed by atoms with Crippen molar-refractivity contribution in [1.29, 1.82) is 5.41 Å². The number of guanidine groups is 1. The van der Waals surface area contributed by atoms with E-state index in [2.05, 4.69) is 31.3 Å². The summed E-state index contributed by atoms with van der Waals surface area (Å²) in [7, 11) is 0. The summed E-state index contributed by atoms with van der Waals surface area (Å²) in [6, 6.07) is -2.45. The average molecular weight is 575 g/mol. The summed E-state index contributed by atoms with van der Waals surface area (Å²) >= 11 is 0. The second-order valence-corrected chi connectivity index (χ2v) is 11.5. The van der Waals surface area contributed by atoms with E-state index >= 15 is 0 Å². The van der Waals surface area contributed by atoms with Crippen LogP contribution in [0.5, 0.6) is 0 Å². The highest BCUT2D eigenvalue weighted by Gasteiger charge is 2.42. The molecule has 228 valence electrons. The van der Waals surface area contributed by atoms with Gasteiger partial charge in [0.05, 0.1) is 6.04 Å². The lowest BCUT2D eigenvalue weighted by Gasteiger charge is -2.34. The normalized spacial score (nSPS) is 22.3. The number of amides is 3. The third-order valence-electron chi connectivity index (χ3n) is 8.07. The fourth-order valence-corrected chi connectivity index (χ4v) is 6.05. The van der Waals surface area contributed by atoms with E-state index in [9.17, 15) is 19.2 Å². The van der Waals surface area contributed by atoms with Crippen molar-refractivity contribution < 1.29 is 19.2 Å². The predicted octanol–water partition coefficient (Wildman–Crippen LogP) is 0.360. The molecule has 3 heterocycles. The van der Waals surface area contributed by atoms with Crippen molar-refractivity contribution >= 4 is 30.0 Å². The van der Waals surface area contributed by atoms with Crippen molar-refractivity contribution in [2.75, 3.05) is 19.6 Å². The van der Waals surface area contributed by atoms with Gasteiger partial charge in [0.2, 0.25) is 17.7 Å². The lowest BCUT2D eigenvalue weighted by Crippen LogP contribution is -2.56. The average Bonchev–Trinajstić information content (AvgIpc) is 3.61. The minimum absolute atomic E-state index is 0.00802. The van der Waals surface area contributed by atoms with E-state index in [1.54, 1.807) is 4.90 Å². The number of aldehydes is 1. The van der Waals surface area contributed by atoms with E-state index < -0.39 is 24.0 Å². The summed E-state index contributed by atoms with van der Waals surface area (Å²) in [6.45, 7) is 7.63. The van der Waals surface area contributed by atoms with Crippen molar-refractivity contribution in [1.82, 2.24) is 41.1 Å². The van der Waals surface area contributed by atoms with Gasteiger partial charge in [-0.1, -0.05) is 38.8 Å².